The Morgan fingerprint density at radius 1 is 1.21 bits per heavy atom. The van der Waals surface area contributed by atoms with Crippen molar-refractivity contribution in [1.29, 1.82) is 5.26 Å². The van der Waals surface area contributed by atoms with Crippen LogP contribution in [0, 0.1) is 11.3 Å². The van der Waals surface area contributed by atoms with Crippen LogP contribution in [0.3, 0.4) is 0 Å². The number of aromatic nitrogens is 1. The minimum atomic E-state index is -0.351. The highest BCUT2D eigenvalue weighted by atomic mass is 79.9. The van der Waals surface area contributed by atoms with Gasteiger partial charge in [0.2, 0.25) is 5.76 Å². The van der Waals surface area contributed by atoms with Crippen LogP contribution < -0.4 is 10.6 Å². The molecule has 172 valence electrons. The van der Waals surface area contributed by atoms with Crippen molar-refractivity contribution in [3.05, 3.63) is 70.0 Å². The molecule has 34 heavy (non-hydrogen) atoms. The third-order valence-electron chi connectivity index (χ3n) is 6.32. The van der Waals surface area contributed by atoms with E-state index < -0.39 is 0 Å². The van der Waals surface area contributed by atoms with Gasteiger partial charge in [0.1, 0.15) is 11.9 Å². The van der Waals surface area contributed by atoms with Crippen molar-refractivity contribution in [1.82, 2.24) is 15.2 Å². The fourth-order valence-electron chi connectivity index (χ4n) is 4.43. The van der Waals surface area contributed by atoms with Crippen LogP contribution in [0.1, 0.15) is 34.7 Å². The highest BCUT2D eigenvalue weighted by Crippen LogP contribution is 2.35. The van der Waals surface area contributed by atoms with Crippen LogP contribution in [0.2, 0.25) is 0 Å². The Bertz CT molecular complexity index is 1410. The summed E-state index contributed by atoms with van der Waals surface area (Å²) in [6.07, 6.45) is 1.97. The van der Waals surface area contributed by atoms with Crippen LogP contribution in [-0.4, -0.2) is 42.0 Å². The van der Waals surface area contributed by atoms with Gasteiger partial charge < -0.3 is 20.0 Å². The molecule has 4 aromatic rings. The standard InChI is InChI=1S/C26H24BrN5O2/c1-32-11-9-18(10-12-32)30-25-22(27)21-13-19(14-28)34-24(21)23(31-25)26(33)29-15-17-7-4-6-16-5-2-3-8-20(16)17/h2-8,13,18H,9-12,15H2,1H3,(H,29,33)(H,30,31). The Morgan fingerprint density at radius 2 is 1.97 bits per heavy atom. The number of nitriles is 1. The van der Waals surface area contributed by atoms with Gasteiger partial charge in [-0.3, -0.25) is 4.79 Å². The maximum atomic E-state index is 13.3. The molecule has 1 fully saturated rings. The van der Waals surface area contributed by atoms with E-state index in [4.69, 9.17) is 4.42 Å². The molecule has 1 saturated heterocycles. The molecule has 5 rings (SSSR count). The number of rotatable bonds is 5. The number of furan rings is 1. The highest BCUT2D eigenvalue weighted by molar-refractivity contribution is 9.10. The van der Waals surface area contributed by atoms with Crippen molar-refractivity contribution in [2.75, 3.05) is 25.5 Å². The Labute approximate surface area is 205 Å². The molecule has 1 aliphatic rings. The van der Waals surface area contributed by atoms with E-state index in [1.807, 2.05) is 48.5 Å². The Kier molecular flexibility index (Phi) is 6.22. The molecular weight excluding hydrogens is 494 g/mol. The predicted molar refractivity (Wildman–Crippen MR) is 136 cm³/mol. The first-order valence-electron chi connectivity index (χ1n) is 11.3. The molecule has 2 N–H and O–H groups in total. The lowest BCUT2D eigenvalue weighted by Crippen LogP contribution is -2.37. The molecule has 1 amide bonds. The highest BCUT2D eigenvalue weighted by Gasteiger charge is 2.24. The largest absolute Gasteiger partial charge is 0.443 e. The van der Waals surface area contributed by atoms with Gasteiger partial charge >= 0.3 is 0 Å². The number of pyridine rings is 1. The molecule has 0 saturated carbocycles. The van der Waals surface area contributed by atoms with Crippen LogP contribution >= 0.6 is 15.9 Å². The van der Waals surface area contributed by atoms with Crippen LogP contribution in [0.15, 0.2) is 57.4 Å². The van der Waals surface area contributed by atoms with Crippen molar-refractivity contribution in [2.24, 2.45) is 0 Å². The number of likely N-dealkylation sites (tertiary alicyclic amines) is 1. The number of nitrogens with one attached hydrogen (secondary N) is 2. The quantitative estimate of drug-likeness (QED) is 0.384. The molecule has 0 spiro atoms. The zero-order chi connectivity index (χ0) is 23.7. The number of amides is 1. The number of hydrogen-bond acceptors (Lipinski definition) is 6. The molecule has 0 atom stereocenters. The smallest absolute Gasteiger partial charge is 0.274 e. The number of benzene rings is 2. The summed E-state index contributed by atoms with van der Waals surface area (Å²) >= 11 is 3.61. The lowest BCUT2D eigenvalue weighted by atomic mass is 10.0. The van der Waals surface area contributed by atoms with E-state index in [0.717, 1.165) is 42.3 Å². The fraction of sp³-hybridized carbons (Fsp3) is 0.269. The first-order chi connectivity index (χ1) is 16.5. The van der Waals surface area contributed by atoms with Crippen LogP contribution in [0.5, 0.6) is 0 Å². The third kappa shape index (κ3) is 4.37. The van der Waals surface area contributed by atoms with E-state index in [9.17, 15) is 10.1 Å². The Balaban J connectivity index is 1.46. The van der Waals surface area contributed by atoms with Crippen LogP contribution in [0.25, 0.3) is 21.7 Å². The Hall–Kier alpha value is -3.41. The summed E-state index contributed by atoms with van der Waals surface area (Å²) in [6, 6.07) is 18.0. The maximum absolute atomic E-state index is 13.3. The van der Waals surface area contributed by atoms with Crippen LogP contribution in [0.4, 0.5) is 5.82 Å². The lowest BCUT2D eigenvalue weighted by molar-refractivity contribution is 0.0947. The van der Waals surface area contributed by atoms with E-state index in [2.05, 4.69) is 43.5 Å². The maximum Gasteiger partial charge on any atom is 0.274 e. The summed E-state index contributed by atoms with van der Waals surface area (Å²) in [5.41, 5.74) is 1.48. The monoisotopic (exact) mass is 517 g/mol. The van der Waals surface area contributed by atoms with E-state index in [-0.39, 0.29) is 23.4 Å². The number of anilines is 1. The molecule has 2 aromatic heterocycles. The second-order valence-corrected chi connectivity index (χ2v) is 9.42. The van der Waals surface area contributed by atoms with Gasteiger partial charge in [-0.1, -0.05) is 42.5 Å². The number of piperidine rings is 1. The summed E-state index contributed by atoms with van der Waals surface area (Å²) in [5.74, 6) is 0.371. The molecular formula is C26H24BrN5O2. The average molecular weight is 518 g/mol. The number of fused-ring (bicyclic) bond motifs is 2. The lowest BCUT2D eigenvalue weighted by Gasteiger charge is -2.30. The van der Waals surface area contributed by atoms with Gasteiger partial charge in [0, 0.05) is 24.0 Å². The van der Waals surface area contributed by atoms with Gasteiger partial charge in [0.15, 0.2) is 11.3 Å². The molecule has 0 aliphatic carbocycles. The summed E-state index contributed by atoms with van der Waals surface area (Å²) in [6.45, 7) is 2.35. The van der Waals surface area contributed by atoms with E-state index in [0.29, 0.717) is 27.8 Å². The molecule has 0 bridgehead atoms. The van der Waals surface area contributed by atoms with E-state index >= 15 is 0 Å². The molecule has 0 unspecified atom stereocenters. The first-order valence-corrected chi connectivity index (χ1v) is 12.1. The minimum Gasteiger partial charge on any atom is -0.443 e. The van der Waals surface area contributed by atoms with Crippen LogP contribution in [-0.2, 0) is 6.54 Å². The van der Waals surface area contributed by atoms with Gasteiger partial charge in [-0.05, 0) is 65.2 Å². The zero-order valence-corrected chi connectivity index (χ0v) is 20.4. The number of hydrogen-bond donors (Lipinski definition) is 2. The molecule has 0 radical (unpaired) electrons. The predicted octanol–water partition coefficient (Wildman–Crippen LogP) is 5.05. The second kappa shape index (κ2) is 9.45. The number of carbonyl (C=O) groups is 1. The number of carbonyl (C=O) groups excluding carboxylic acids is 1. The summed E-state index contributed by atoms with van der Waals surface area (Å²) in [4.78, 5) is 20.2. The SMILES string of the molecule is CN1CCC(Nc2nc(C(=O)NCc3cccc4ccccc34)c3oc(C#N)cc3c2Br)CC1. The number of nitrogens with zero attached hydrogens (tertiary/aromatic N) is 3. The third-order valence-corrected chi connectivity index (χ3v) is 7.12. The normalized spacial score (nSPS) is 14.9. The van der Waals surface area contributed by atoms with Gasteiger partial charge in [0.05, 0.1) is 4.47 Å². The van der Waals surface area contributed by atoms with Crippen molar-refractivity contribution in [2.45, 2.75) is 25.4 Å². The van der Waals surface area contributed by atoms with Gasteiger partial charge in [-0.15, -0.1) is 0 Å². The van der Waals surface area contributed by atoms with E-state index in [1.54, 1.807) is 6.07 Å². The van der Waals surface area contributed by atoms with E-state index in [1.165, 1.54) is 0 Å². The first kappa shape index (κ1) is 22.4. The molecule has 2 aromatic carbocycles. The van der Waals surface area contributed by atoms with Gasteiger partial charge in [-0.25, -0.2) is 4.98 Å². The number of halogens is 1. The molecule has 1 aliphatic heterocycles. The summed E-state index contributed by atoms with van der Waals surface area (Å²) < 4.78 is 6.37. The molecule has 3 heterocycles. The van der Waals surface area contributed by atoms with Gasteiger partial charge in [-0.2, -0.15) is 5.26 Å². The average Bonchev–Trinajstić information content (AvgIpc) is 3.30. The topological polar surface area (TPSA) is 94.2 Å². The van der Waals surface area contributed by atoms with Crippen molar-refractivity contribution in [3.63, 3.8) is 0 Å². The minimum absolute atomic E-state index is 0.136. The fourth-order valence-corrected chi connectivity index (χ4v) is 4.92. The van der Waals surface area contributed by atoms with Crippen molar-refractivity contribution in [3.8, 4) is 6.07 Å². The molecule has 7 nitrogen and oxygen atoms in total. The van der Waals surface area contributed by atoms with Gasteiger partial charge in [0.25, 0.3) is 5.91 Å². The van der Waals surface area contributed by atoms with Crippen molar-refractivity contribution < 1.29 is 9.21 Å². The Morgan fingerprint density at radius 3 is 2.76 bits per heavy atom. The van der Waals surface area contributed by atoms with Crippen molar-refractivity contribution >= 4 is 49.4 Å². The second-order valence-electron chi connectivity index (χ2n) is 8.63. The summed E-state index contributed by atoms with van der Waals surface area (Å²) in [5, 5.41) is 18.7. The molecule has 8 heteroatoms. The zero-order valence-electron chi connectivity index (χ0n) is 18.8. The summed E-state index contributed by atoms with van der Waals surface area (Å²) in [7, 11) is 2.11.